The van der Waals surface area contributed by atoms with E-state index in [0.29, 0.717) is 0 Å². The molecule has 0 aromatic heterocycles. The Balaban J connectivity index is 2.16. The third-order valence-electron chi connectivity index (χ3n) is 3.30. The molecule has 1 N–H and O–H groups in total. The maximum absolute atomic E-state index is 6.03. The molecule has 0 saturated carbocycles. The quantitative estimate of drug-likeness (QED) is 0.770. The van der Waals surface area contributed by atoms with Gasteiger partial charge in [-0.1, -0.05) is 31.2 Å². The lowest BCUT2D eigenvalue weighted by Crippen LogP contribution is -2.13. The van der Waals surface area contributed by atoms with Crippen molar-refractivity contribution in [2.75, 3.05) is 13.7 Å². The van der Waals surface area contributed by atoms with Crippen LogP contribution in [0.15, 0.2) is 42.5 Å². The summed E-state index contributed by atoms with van der Waals surface area (Å²) in [6, 6.07) is 14.0. The number of hydrogen-bond acceptors (Lipinski definition) is 3. The zero-order valence-electron chi connectivity index (χ0n) is 13.0. The number of para-hydroxylation sites is 2. The van der Waals surface area contributed by atoms with Crippen molar-refractivity contribution in [1.29, 1.82) is 0 Å². The molecule has 3 heteroatoms. The van der Waals surface area contributed by atoms with Crippen LogP contribution in [0.3, 0.4) is 0 Å². The van der Waals surface area contributed by atoms with E-state index >= 15 is 0 Å². The van der Waals surface area contributed by atoms with Crippen molar-refractivity contribution in [3.05, 3.63) is 53.6 Å². The van der Waals surface area contributed by atoms with Gasteiger partial charge in [-0.25, -0.2) is 0 Å². The Morgan fingerprint density at radius 3 is 2.48 bits per heavy atom. The molecule has 0 heterocycles. The summed E-state index contributed by atoms with van der Waals surface area (Å²) in [5.74, 6) is 2.35. The molecule has 0 saturated heterocycles. The van der Waals surface area contributed by atoms with Gasteiger partial charge >= 0.3 is 0 Å². The fourth-order valence-electron chi connectivity index (χ4n) is 2.10. The number of rotatable bonds is 7. The monoisotopic (exact) mass is 285 g/mol. The van der Waals surface area contributed by atoms with Crippen molar-refractivity contribution in [2.45, 2.75) is 26.8 Å². The largest absolute Gasteiger partial charge is 0.493 e. The molecule has 0 aliphatic heterocycles. The number of ether oxygens (including phenoxy) is 2. The molecule has 0 unspecified atom stereocenters. The highest BCUT2D eigenvalue weighted by Crippen LogP contribution is 2.32. The van der Waals surface area contributed by atoms with Crippen molar-refractivity contribution in [1.82, 2.24) is 5.32 Å². The van der Waals surface area contributed by atoms with Crippen LogP contribution in [0.1, 0.15) is 24.5 Å². The predicted molar refractivity (Wildman–Crippen MR) is 86.2 cm³/mol. The lowest BCUT2D eigenvalue weighted by atomic mass is 10.1. The van der Waals surface area contributed by atoms with Gasteiger partial charge in [0.15, 0.2) is 11.5 Å². The normalized spacial score (nSPS) is 10.4. The summed E-state index contributed by atoms with van der Waals surface area (Å²) < 4.78 is 11.4. The second kappa shape index (κ2) is 7.70. The minimum absolute atomic E-state index is 0.738. The molecule has 0 amide bonds. The molecule has 0 aliphatic rings. The van der Waals surface area contributed by atoms with Crippen molar-refractivity contribution in [2.24, 2.45) is 0 Å². The molecule has 3 nitrogen and oxygen atoms in total. The Kier molecular flexibility index (Phi) is 5.64. The molecule has 0 bridgehead atoms. The van der Waals surface area contributed by atoms with Crippen LogP contribution < -0.4 is 14.8 Å². The maximum Gasteiger partial charge on any atom is 0.169 e. The number of methoxy groups -OCH3 is 1. The summed E-state index contributed by atoms with van der Waals surface area (Å²) in [7, 11) is 1.65. The van der Waals surface area contributed by atoms with E-state index in [2.05, 4.69) is 30.4 Å². The van der Waals surface area contributed by atoms with Crippen LogP contribution >= 0.6 is 0 Å². The number of nitrogens with one attached hydrogen (secondary N) is 1. The first kappa shape index (κ1) is 15.4. The van der Waals surface area contributed by atoms with E-state index in [9.17, 15) is 0 Å². The minimum atomic E-state index is 0.738. The highest BCUT2D eigenvalue weighted by Gasteiger charge is 2.07. The highest BCUT2D eigenvalue weighted by molar-refractivity contribution is 5.45. The van der Waals surface area contributed by atoms with E-state index in [1.807, 2.05) is 31.2 Å². The van der Waals surface area contributed by atoms with Crippen LogP contribution in [-0.4, -0.2) is 13.7 Å². The number of benzene rings is 2. The van der Waals surface area contributed by atoms with Gasteiger partial charge < -0.3 is 14.8 Å². The van der Waals surface area contributed by atoms with E-state index in [1.165, 1.54) is 5.56 Å². The highest BCUT2D eigenvalue weighted by atomic mass is 16.5. The Morgan fingerprint density at radius 2 is 1.76 bits per heavy atom. The number of hydrogen-bond donors (Lipinski definition) is 1. The minimum Gasteiger partial charge on any atom is -0.493 e. The smallest absolute Gasteiger partial charge is 0.169 e. The second-order valence-corrected chi connectivity index (χ2v) is 5.03. The van der Waals surface area contributed by atoms with Crippen LogP contribution in [0.4, 0.5) is 0 Å². The molecule has 0 fully saturated rings. The van der Waals surface area contributed by atoms with Crippen LogP contribution in [0.5, 0.6) is 17.2 Å². The Labute approximate surface area is 126 Å². The molecular weight excluding hydrogens is 262 g/mol. The summed E-state index contributed by atoms with van der Waals surface area (Å²) in [6.07, 6.45) is 1.14. The third kappa shape index (κ3) is 4.23. The molecule has 112 valence electrons. The molecule has 0 aliphatic carbocycles. The summed E-state index contributed by atoms with van der Waals surface area (Å²) in [5.41, 5.74) is 2.33. The van der Waals surface area contributed by atoms with Gasteiger partial charge in [0, 0.05) is 6.54 Å². The van der Waals surface area contributed by atoms with Gasteiger partial charge in [-0.05, 0) is 49.2 Å². The molecule has 0 spiro atoms. The Hall–Kier alpha value is -2.00. The first-order valence-corrected chi connectivity index (χ1v) is 7.35. The lowest BCUT2D eigenvalue weighted by molar-refractivity contribution is 0.378. The summed E-state index contributed by atoms with van der Waals surface area (Å²) >= 11 is 0. The average molecular weight is 285 g/mol. The van der Waals surface area contributed by atoms with E-state index in [1.54, 1.807) is 7.11 Å². The molecule has 0 atom stereocenters. The first-order chi connectivity index (χ1) is 10.2. The van der Waals surface area contributed by atoms with Crippen molar-refractivity contribution in [3.63, 3.8) is 0 Å². The zero-order chi connectivity index (χ0) is 15.1. The fraction of sp³-hybridized carbons (Fsp3) is 0.333. The van der Waals surface area contributed by atoms with Crippen molar-refractivity contribution in [3.8, 4) is 17.2 Å². The predicted octanol–water partition coefficient (Wildman–Crippen LogP) is 4.30. The summed E-state index contributed by atoms with van der Waals surface area (Å²) in [4.78, 5) is 0. The van der Waals surface area contributed by atoms with Crippen LogP contribution in [0.25, 0.3) is 0 Å². The maximum atomic E-state index is 6.03. The van der Waals surface area contributed by atoms with Gasteiger partial charge in [-0.15, -0.1) is 0 Å². The lowest BCUT2D eigenvalue weighted by Gasteiger charge is -2.13. The van der Waals surface area contributed by atoms with Crippen molar-refractivity contribution < 1.29 is 9.47 Å². The van der Waals surface area contributed by atoms with Gasteiger partial charge in [0.05, 0.1) is 7.11 Å². The molecule has 2 aromatic carbocycles. The Morgan fingerprint density at radius 1 is 1.00 bits per heavy atom. The van der Waals surface area contributed by atoms with Crippen molar-refractivity contribution >= 4 is 0 Å². The van der Waals surface area contributed by atoms with Gasteiger partial charge in [-0.2, -0.15) is 0 Å². The standard InChI is InChI=1S/C18H23NO2/c1-4-11-19-13-15-10-9-14(2)18(12-15)21-17-8-6-5-7-16(17)20-3/h5-10,12,19H,4,11,13H2,1-3H3. The van der Waals surface area contributed by atoms with Gasteiger partial charge in [-0.3, -0.25) is 0 Å². The van der Waals surface area contributed by atoms with E-state index < -0.39 is 0 Å². The van der Waals surface area contributed by atoms with E-state index in [0.717, 1.165) is 42.3 Å². The second-order valence-electron chi connectivity index (χ2n) is 5.03. The van der Waals surface area contributed by atoms with E-state index in [4.69, 9.17) is 9.47 Å². The molecule has 21 heavy (non-hydrogen) atoms. The topological polar surface area (TPSA) is 30.5 Å². The van der Waals surface area contributed by atoms with Gasteiger partial charge in [0.1, 0.15) is 5.75 Å². The van der Waals surface area contributed by atoms with Crippen LogP contribution in [0.2, 0.25) is 0 Å². The molecule has 0 radical (unpaired) electrons. The zero-order valence-corrected chi connectivity index (χ0v) is 13.0. The number of aryl methyl sites for hydroxylation is 1. The SMILES string of the molecule is CCCNCc1ccc(C)c(Oc2ccccc2OC)c1. The van der Waals surface area contributed by atoms with Crippen LogP contribution in [-0.2, 0) is 6.54 Å². The first-order valence-electron chi connectivity index (χ1n) is 7.35. The molecule has 2 rings (SSSR count). The average Bonchev–Trinajstić information content (AvgIpc) is 2.51. The van der Waals surface area contributed by atoms with Gasteiger partial charge in [0.2, 0.25) is 0 Å². The molecular formula is C18H23NO2. The fourth-order valence-corrected chi connectivity index (χ4v) is 2.10. The van der Waals surface area contributed by atoms with E-state index in [-0.39, 0.29) is 0 Å². The van der Waals surface area contributed by atoms with Crippen LogP contribution in [0, 0.1) is 6.92 Å². The Bertz CT molecular complexity index is 581. The van der Waals surface area contributed by atoms with Gasteiger partial charge in [0.25, 0.3) is 0 Å². The third-order valence-corrected chi connectivity index (χ3v) is 3.30. The summed E-state index contributed by atoms with van der Waals surface area (Å²) in [6.45, 7) is 6.10. The molecule has 2 aromatic rings. The summed E-state index contributed by atoms with van der Waals surface area (Å²) in [5, 5.41) is 3.40.